The first-order valence-electron chi connectivity index (χ1n) is 7.15. The minimum atomic E-state index is -3.20. The second-order valence-electron chi connectivity index (χ2n) is 5.23. The molecule has 1 atom stereocenters. The minimum Gasteiger partial charge on any atom is -0.374 e. The summed E-state index contributed by atoms with van der Waals surface area (Å²) in [7, 11) is -3.20. The zero-order chi connectivity index (χ0) is 13.7. The van der Waals surface area contributed by atoms with Crippen molar-refractivity contribution in [2.24, 2.45) is 0 Å². The molecule has 2 aliphatic rings. The number of hydrogen-bond acceptors (Lipinski definition) is 5. The van der Waals surface area contributed by atoms with Crippen molar-refractivity contribution in [1.82, 2.24) is 14.9 Å². The predicted molar refractivity (Wildman–Crippen MR) is 74.7 cm³/mol. The van der Waals surface area contributed by atoms with Crippen LogP contribution in [0.25, 0.3) is 0 Å². The molecule has 2 N–H and O–H groups in total. The SMILES string of the molecule is CCN1CCOC(CNS(=O)(=O)C2CCNCC2)C1. The molecule has 0 spiro atoms. The molecule has 2 saturated heterocycles. The van der Waals surface area contributed by atoms with Crippen molar-refractivity contribution in [3.63, 3.8) is 0 Å². The van der Waals surface area contributed by atoms with Crippen molar-refractivity contribution < 1.29 is 13.2 Å². The molecule has 112 valence electrons. The van der Waals surface area contributed by atoms with Crippen LogP contribution in [0.15, 0.2) is 0 Å². The van der Waals surface area contributed by atoms with Crippen LogP contribution in [0.2, 0.25) is 0 Å². The first-order valence-corrected chi connectivity index (χ1v) is 8.69. The van der Waals surface area contributed by atoms with Crippen molar-refractivity contribution in [3.8, 4) is 0 Å². The molecule has 6 nitrogen and oxygen atoms in total. The van der Waals surface area contributed by atoms with E-state index in [0.717, 1.165) is 32.7 Å². The van der Waals surface area contributed by atoms with E-state index in [2.05, 4.69) is 21.9 Å². The number of nitrogens with zero attached hydrogens (tertiary/aromatic N) is 1. The highest BCUT2D eigenvalue weighted by Gasteiger charge is 2.28. The molecule has 2 fully saturated rings. The van der Waals surface area contributed by atoms with Crippen LogP contribution in [0.4, 0.5) is 0 Å². The number of hydrogen-bond donors (Lipinski definition) is 2. The van der Waals surface area contributed by atoms with E-state index in [9.17, 15) is 8.42 Å². The summed E-state index contributed by atoms with van der Waals surface area (Å²) in [5.74, 6) is 0. The Labute approximate surface area is 115 Å². The van der Waals surface area contributed by atoms with Crippen molar-refractivity contribution >= 4 is 10.0 Å². The molecule has 1 unspecified atom stereocenters. The Balaban J connectivity index is 1.80. The van der Waals surface area contributed by atoms with Crippen LogP contribution in [-0.4, -0.2) is 70.5 Å². The maximum absolute atomic E-state index is 12.2. The average molecular weight is 291 g/mol. The lowest BCUT2D eigenvalue weighted by molar-refractivity contribution is -0.0229. The Bertz CT molecular complexity index is 368. The van der Waals surface area contributed by atoms with Gasteiger partial charge < -0.3 is 10.1 Å². The molecular formula is C12H25N3O3S. The standard InChI is InChI=1S/C12H25N3O3S/c1-2-15-7-8-18-11(10-15)9-14-19(16,17)12-3-5-13-6-4-12/h11-14H,2-10H2,1H3. The summed E-state index contributed by atoms with van der Waals surface area (Å²) in [6.07, 6.45) is 1.37. The zero-order valence-electron chi connectivity index (χ0n) is 11.6. The van der Waals surface area contributed by atoms with Gasteiger partial charge in [0.15, 0.2) is 0 Å². The fourth-order valence-electron chi connectivity index (χ4n) is 2.62. The molecule has 7 heteroatoms. The molecule has 0 bridgehead atoms. The number of nitrogens with one attached hydrogen (secondary N) is 2. The van der Waals surface area contributed by atoms with Gasteiger partial charge in [0, 0.05) is 19.6 Å². The second kappa shape index (κ2) is 6.99. The van der Waals surface area contributed by atoms with E-state index in [1.165, 1.54) is 0 Å². The van der Waals surface area contributed by atoms with Crippen LogP contribution >= 0.6 is 0 Å². The van der Waals surface area contributed by atoms with Gasteiger partial charge in [-0.2, -0.15) is 0 Å². The maximum Gasteiger partial charge on any atom is 0.214 e. The Morgan fingerprint density at radius 3 is 2.79 bits per heavy atom. The summed E-state index contributed by atoms with van der Waals surface area (Å²) >= 11 is 0. The molecular weight excluding hydrogens is 266 g/mol. The van der Waals surface area contributed by atoms with Gasteiger partial charge in [-0.25, -0.2) is 13.1 Å². The number of morpholine rings is 1. The van der Waals surface area contributed by atoms with Gasteiger partial charge in [0.1, 0.15) is 0 Å². The normalized spacial score (nSPS) is 27.5. The van der Waals surface area contributed by atoms with Crippen LogP contribution in [0.1, 0.15) is 19.8 Å². The molecule has 2 rings (SSSR count). The van der Waals surface area contributed by atoms with Crippen molar-refractivity contribution in [3.05, 3.63) is 0 Å². The number of sulfonamides is 1. The quantitative estimate of drug-likeness (QED) is 0.706. The van der Waals surface area contributed by atoms with E-state index in [0.29, 0.717) is 26.0 Å². The van der Waals surface area contributed by atoms with E-state index in [1.54, 1.807) is 0 Å². The third-order valence-electron chi connectivity index (χ3n) is 3.91. The lowest BCUT2D eigenvalue weighted by Gasteiger charge is -2.32. The van der Waals surface area contributed by atoms with Crippen molar-refractivity contribution in [2.75, 3.05) is 45.9 Å². The number of likely N-dealkylation sites (N-methyl/N-ethyl adjacent to an activating group) is 1. The zero-order valence-corrected chi connectivity index (χ0v) is 12.4. The number of piperidine rings is 1. The third-order valence-corrected chi connectivity index (χ3v) is 5.83. The number of rotatable bonds is 5. The monoisotopic (exact) mass is 291 g/mol. The van der Waals surface area contributed by atoms with E-state index < -0.39 is 10.0 Å². The van der Waals surface area contributed by atoms with Gasteiger partial charge in [0.05, 0.1) is 18.0 Å². The summed E-state index contributed by atoms with van der Waals surface area (Å²) in [6, 6.07) is 0. The molecule has 0 aliphatic carbocycles. The second-order valence-corrected chi connectivity index (χ2v) is 7.27. The first-order chi connectivity index (χ1) is 9.12. The molecule has 19 heavy (non-hydrogen) atoms. The maximum atomic E-state index is 12.2. The first kappa shape index (κ1) is 15.2. The van der Waals surface area contributed by atoms with Gasteiger partial charge in [0.2, 0.25) is 10.0 Å². The lowest BCUT2D eigenvalue weighted by atomic mass is 10.2. The van der Waals surface area contributed by atoms with Crippen LogP contribution in [0, 0.1) is 0 Å². The van der Waals surface area contributed by atoms with E-state index in [4.69, 9.17) is 4.74 Å². The summed E-state index contributed by atoms with van der Waals surface area (Å²) in [4.78, 5) is 2.28. The highest BCUT2D eigenvalue weighted by atomic mass is 32.2. The van der Waals surface area contributed by atoms with Crippen LogP contribution < -0.4 is 10.0 Å². The lowest BCUT2D eigenvalue weighted by Crippen LogP contribution is -2.49. The van der Waals surface area contributed by atoms with Gasteiger partial charge in [0.25, 0.3) is 0 Å². The predicted octanol–water partition coefficient (Wildman–Crippen LogP) is -0.621. The van der Waals surface area contributed by atoms with Crippen LogP contribution in [0.3, 0.4) is 0 Å². The molecule has 0 saturated carbocycles. The largest absolute Gasteiger partial charge is 0.374 e. The molecule has 2 heterocycles. The van der Waals surface area contributed by atoms with Gasteiger partial charge >= 0.3 is 0 Å². The average Bonchev–Trinajstić information content (AvgIpc) is 2.46. The fourth-order valence-corrected chi connectivity index (χ4v) is 4.13. The Morgan fingerprint density at radius 1 is 1.37 bits per heavy atom. The fraction of sp³-hybridized carbons (Fsp3) is 1.00. The highest BCUT2D eigenvalue weighted by molar-refractivity contribution is 7.90. The van der Waals surface area contributed by atoms with E-state index in [1.807, 2.05) is 0 Å². The Kier molecular flexibility index (Phi) is 5.58. The minimum absolute atomic E-state index is 0.0230. The smallest absolute Gasteiger partial charge is 0.214 e. The van der Waals surface area contributed by atoms with Crippen molar-refractivity contribution in [1.29, 1.82) is 0 Å². The summed E-state index contributed by atoms with van der Waals surface area (Å²) in [5, 5.41) is 2.93. The molecule has 0 radical (unpaired) electrons. The molecule has 0 aromatic heterocycles. The summed E-state index contributed by atoms with van der Waals surface area (Å²) < 4.78 is 32.7. The summed E-state index contributed by atoms with van der Waals surface area (Å²) in [5.41, 5.74) is 0. The highest BCUT2D eigenvalue weighted by Crippen LogP contribution is 2.12. The van der Waals surface area contributed by atoms with E-state index >= 15 is 0 Å². The van der Waals surface area contributed by atoms with Crippen LogP contribution in [0.5, 0.6) is 0 Å². The van der Waals surface area contributed by atoms with Gasteiger partial charge in [-0.3, -0.25) is 4.90 Å². The molecule has 0 aromatic carbocycles. The molecule has 0 amide bonds. The van der Waals surface area contributed by atoms with Gasteiger partial charge in [-0.05, 0) is 32.5 Å². The third kappa shape index (κ3) is 4.39. The van der Waals surface area contributed by atoms with E-state index in [-0.39, 0.29) is 11.4 Å². The van der Waals surface area contributed by atoms with Gasteiger partial charge in [-0.15, -0.1) is 0 Å². The Morgan fingerprint density at radius 2 is 2.11 bits per heavy atom. The molecule has 0 aromatic rings. The Hall–Kier alpha value is -0.210. The number of ether oxygens (including phenoxy) is 1. The topological polar surface area (TPSA) is 70.7 Å². The van der Waals surface area contributed by atoms with Crippen LogP contribution in [-0.2, 0) is 14.8 Å². The van der Waals surface area contributed by atoms with Gasteiger partial charge in [-0.1, -0.05) is 6.92 Å². The van der Waals surface area contributed by atoms with Crippen molar-refractivity contribution in [2.45, 2.75) is 31.1 Å². The molecule has 2 aliphatic heterocycles. The summed E-state index contributed by atoms with van der Waals surface area (Å²) in [6.45, 7) is 7.50.